The minimum absolute atomic E-state index is 0.00461. The molecule has 0 aliphatic rings. The Morgan fingerprint density at radius 1 is 0.833 bits per heavy atom. The molecule has 216 valence electrons. The summed E-state index contributed by atoms with van der Waals surface area (Å²) in [6, 6.07) is 16.3. The highest BCUT2D eigenvalue weighted by Gasteiger charge is 2.19. The second kappa shape index (κ2) is 12.7. The number of carbonyl (C=O) groups excluding carboxylic acids is 3. The first-order valence-corrected chi connectivity index (χ1v) is 13.2. The van der Waals surface area contributed by atoms with Crippen LogP contribution in [0.25, 0.3) is 11.3 Å². The predicted octanol–water partition coefficient (Wildman–Crippen LogP) is 4.29. The second-order valence-corrected chi connectivity index (χ2v) is 9.82. The minimum atomic E-state index is -0.697. The topological polar surface area (TPSA) is 109 Å². The third kappa shape index (κ3) is 6.50. The maximum absolute atomic E-state index is 14.8. The van der Waals surface area contributed by atoms with Gasteiger partial charge in [0.05, 0.1) is 18.3 Å². The van der Waals surface area contributed by atoms with Crippen LogP contribution < -0.4 is 21.5 Å². The number of carbonyl (C=O) groups is 3. The van der Waals surface area contributed by atoms with Gasteiger partial charge in [0.15, 0.2) is 5.78 Å². The molecule has 1 heterocycles. The molecule has 4 aromatic rings. The summed E-state index contributed by atoms with van der Waals surface area (Å²) in [6.07, 6.45) is 0. The zero-order valence-electron chi connectivity index (χ0n) is 23.5. The molecule has 3 aromatic carbocycles. The summed E-state index contributed by atoms with van der Waals surface area (Å²) in [5.74, 6) is -2.46. The van der Waals surface area contributed by atoms with Crippen LogP contribution in [-0.4, -0.2) is 42.3 Å². The number of nitrogens with zero attached hydrogens (tertiary/aromatic N) is 1. The van der Waals surface area contributed by atoms with Gasteiger partial charge in [-0.3, -0.25) is 19.2 Å². The zero-order valence-corrected chi connectivity index (χ0v) is 23.5. The summed E-state index contributed by atoms with van der Waals surface area (Å²) in [5, 5.41) is 8.02. The summed E-state index contributed by atoms with van der Waals surface area (Å²) in [5.41, 5.74) is 2.07. The molecule has 3 N–H and O–H groups in total. The third-order valence-electron chi connectivity index (χ3n) is 6.93. The number of hydrogen-bond donors (Lipinski definition) is 3. The molecule has 0 unspecified atom stereocenters. The molecule has 0 radical (unpaired) electrons. The maximum Gasteiger partial charge on any atom is 0.275 e. The van der Waals surface area contributed by atoms with E-state index < -0.39 is 34.9 Å². The first-order chi connectivity index (χ1) is 20.0. The SMILES string of the molecule is CNC(=O)c1ccc(C)c(-c2ccc(NC(=O)[C@H](C)NC)c(=O)n2Cc2cc(F)cc(C(=O)c3ccc(F)cc3)c2)c1. The van der Waals surface area contributed by atoms with Crippen LogP contribution in [0, 0.1) is 18.6 Å². The molecule has 42 heavy (non-hydrogen) atoms. The largest absolute Gasteiger partial charge is 0.355 e. The number of benzene rings is 3. The highest BCUT2D eigenvalue weighted by atomic mass is 19.1. The average molecular weight is 573 g/mol. The molecule has 1 atom stereocenters. The summed E-state index contributed by atoms with van der Waals surface area (Å²) in [4.78, 5) is 51.8. The van der Waals surface area contributed by atoms with Crippen molar-refractivity contribution in [2.24, 2.45) is 0 Å². The van der Waals surface area contributed by atoms with Gasteiger partial charge in [0.1, 0.15) is 17.3 Å². The van der Waals surface area contributed by atoms with E-state index in [1.54, 1.807) is 38.2 Å². The molecular weight excluding hydrogens is 542 g/mol. The van der Waals surface area contributed by atoms with Crippen LogP contribution in [0.15, 0.2) is 77.6 Å². The van der Waals surface area contributed by atoms with E-state index in [2.05, 4.69) is 16.0 Å². The average Bonchev–Trinajstić information content (AvgIpc) is 2.98. The van der Waals surface area contributed by atoms with Gasteiger partial charge in [-0.25, -0.2) is 8.78 Å². The number of rotatable bonds is 9. The van der Waals surface area contributed by atoms with Crippen molar-refractivity contribution in [2.45, 2.75) is 26.4 Å². The maximum atomic E-state index is 14.8. The predicted molar refractivity (Wildman–Crippen MR) is 157 cm³/mol. The first kappa shape index (κ1) is 30.0. The van der Waals surface area contributed by atoms with Crippen LogP contribution >= 0.6 is 0 Å². The van der Waals surface area contributed by atoms with Gasteiger partial charge < -0.3 is 20.5 Å². The molecule has 1 aromatic heterocycles. The second-order valence-electron chi connectivity index (χ2n) is 9.82. The van der Waals surface area contributed by atoms with Gasteiger partial charge in [-0.05, 0) is 98.8 Å². The fraction of sp³-hybridized carbons (Fsp3) is 0.188. The number of pyridine rings is 1. The summed E-state index contributed by atoms with van der Waals surface area (Å²) in [6.45, 7) is 3.30. The summed E-state index contributed by atoms with van der Waals surface area (Å²) in [7, 11) is 3.12. The Morgan fingerprint density at radius 2 is 1.52 bits per heavy atom. The van der Waals surface area contributed by atoms with E-state index in [0.717, 1.165) is 23.8 Å². The molecule has 0 saturated heterocycles. The van der Waals surface area contributed by atoms with Gasteiger partial charge in [0, 0.05) is 29.3 Å². The fourth-order valence-electron chi connectivity index (χ4n) is 4.44. The number of hydrogen-bond acceptors (Lipinski definition) is 5. The highest BCUT2D eigenvalue weighted by molar-refractivity contribution is 6.09. The Labute approximate surface area is 241 Å². The molecular formula is C32H30F2N4O4. The number of nitrogens with one attached hydrogen (secondary N) is 3. The van der Waals surface area contributed by atoms with Crippen molar-refractivity contribution in [2.75, 3.05) is 19.4 Å². The summed E-state index contributed by atoms with van der Waals surface area (Å²) < 4.78 is 29.5. The molecule has 0 fully saturated rings. The van der Waals surface area contributed by atoms with Crippen LogP contribution in [0.3, 0.4) is 0 Å². The standard InChI is InChI=1S/C32H30F2N4O4/c1-18-5-6-22(31(41)36-4)16-26(18)28-12-11-27(37-30(40)19(2)35-3)32(42)38(28)17-20-13-23(15-25(34)14-20)29(39)21-7-9-24(33)10-8-21/h5-16,19,35H,17H2,1-4H3,(H,36,41)(H,37,40)/t19-/m0/s1. The van der Waals surface area contributed by atoms with Gasteiger partial charge in [0.2, 0.25) is 5.91 Å². The lowest BCUT2D eigenvalue weighted by Gasteiger charge is -2.19. The van der Waals surface area contributed by atoms with Crippen LogP contribution in [-0.2, 0) is 11.3 Å². The zero-order chi connectivity index (χ0) is 30.6. The van der Waals surface area contributed by atoms with Crippen molar-refractivity contribution in [3.05, 3.63) is 123 Å². The van der Waals surface area contributed by atoms with E-state index in [1.807, 2.05) is 6.92 Å². The quantitative estimate of drug-likeness (QED) is 0.260. The van der Waals surface area contributed by atoms with Crippen LogP contribution in [0.4, 0.5) is 14.5 Å². The normalized spacial score (nSPS) is 11.6. The van der Waals surface area contributed by atoms with Gasteiger partial charge in [-0.15, -0.1) is 0 Å². The molecule has 0 spiro atoms. The fourth-order valence-corrected chi connectivity index (χ4v) is 4.44. The number of likely N-dealkylation sites (N-methyl/N-ethyl adjacent to an activating group) is 1. The number of aryl methyl sites for hydroxylation is 1. The number of anilines is 1. The Bertz CT molecular complexity index is 1730. The molecule has 0 bridgehead atoms. The molecule has 8 nitrogen and oxygen atoms in total. The van der Waals surface area contributed by atoms with E-state index in [0.29, 0.717) is 22.4 Å². The van der Waals surface area contributed by atoms with Crippen LogP contribution in [0.2, 0.25) is 0 Å². The van der Waals surface area contributed by atoms with Crippen molar-refractivity contribution in [3.63, 3.8) is 0 Å². The van der Waals surface area contributed by atoms with Crippen molar-refractivity contribution in [1.29, 1.82) is 0 Å². The molecule has 2 amide bonds. The van der Waals surface area contributed by atoms with Crippen molar-refractivity contribution in [3.8, 4) is 11.3 Å². The molecule has 10 heteroatoms. The molecule has 0 aliphatic carbocycles. The first-order valence-electron chi connectivity index (χ1n) is 13.2. The lowest BCUT2D eigenvalue weighted by Crippen LogP contribution is -2.37. The molecule has 4 rings (SSSR count). The number of aromatic nitrogens is 1. The van der Waals surface area contributed by atoms with Gasteiger partial charge in [0.25, 0.3) is 11.5 Å². The van der Waals surface area contributed by atoms with E-state index >= 15 is 0 Å². The van der Waals surface area contributed by atoms with Crippen LogP contribution in [0.5, 0.6) is 0 Å². The van der Waals surface area contributed by atoms with Gasteiger partial charge >= 0.3 is 0 Å². The molecule has 0 saturated carbocycles. The minimum Gasteiger partial charge on any atom is -0.355 e. The number of halogens is 2. The third-order valence-corrected chi connectivity index (χ3v) is 6.93. The van der Waals surface area contributed by atoms with E-state index in [4.69, 9.17) is 0 Å². The van der Waals surface area contributed by atoms with E-state index in [-0.39, 0.29) is 29.3 Å². The monoisotopic (exact) mass is 572 g/mol. The lowest BCUT2D eigenvalue weighted by atomic mass is 9.99. The van der Waals surface area contributed by atoms with Gasteiger partial charge in [-0.2, -0.15) is 0 Å². The van der Waals surface area contributed by atoms with Gasteiger partial charge in [-0.1, -0.05) is 6.07 Å². The Hall–Kier alpha value is -4.96. The number of ketones is 1. The lowest BCUT2D eigenvalue weighted by molar-refractivity contribution is -0.117. The van der Waals surface area contributed by atoms with Crippen molar-refractivity contribution >= 4 is 23.3 Å². The van der Waals surface area contributed by atoms with Crippen LogP contribution in [0.1, 0.15) is 44.3 Å². The Balaban J connectivity index is 1.85. The Morgan fingerprint density at radius 3 is 2.19 bits per heavy atom. The van der Waals surface area contributed by atoms with E-state index in [1.165, 1.54) is 41.9 Å². The summed E-state index contributed by atoms with van der Waals surface area (Å²) >= 11 is 0. The van der Waals surface area contributed by atoms with Crippen molar-refractivity contribution in [1.82, 2.24) is 15.2 Å². The Kier molecular flexibility index (Phi) is 9.07. The smallest absolute Gasteiger partial charge is 0.275 e. The number of amides is 2. The molecule has 0 aliphatic heterocycles. The van der Waals surface area contributed by atoms with Crippen molar-refractivity contribution < 1.29 is 23.2 Å². The highest BCUT2D eigenvalue weighted by Crippen LogP contribution is 2.26. The van der Waals surface area contributed by atoms with E-state index in [9.17, 15) is 28.0 Å².